The van der Waals surface area contributed by atoms with Crippen LogP contribution in [0.3, 0.4) is 0 Å². The molecule has 0 saturated carbocycles. The zero-order valence-corrected chi connectivity index (χ0v) is 23.4. The maximum atomic E-state index is 13.5. The van der Waals surface area contributed by atoms with Gasteiger partial charge in [-0.15, -0.1) is 0 Å². The highest BCUT2D eigenvalue weighted by molar-refractivity contribution is 5.66. The van der Waals surface area contributed by atoms with E-state index in [4.69, 9.17) is 9.47 Å². The topological polar surface area (TPSA) is 58.9 Å². The lowest BCUT2D eigenvalue weighted by Gasteiger charge is -2.46. The molecular weight excluding hydrogens is 502 g/mol. The molecular formula is C27H40F6O4. The summed E-state index contributed by atoms with van der Waals surface area (Å²) in [4.78, 5) is 0. The summed E-state index contributed by atoms with van der Waals surface area (Å²) in [5.74, 6) is 0. The Morgan fingerprint density at radius 3 is 1.35 bits per heavy atom. The van der Waals surface area contributed by atoms with E-state index in [1.54, 1.807) is 52.8 Å². The van der Waals surface area contributed by atoms with Crippen LogP contribution in [-0.4, -0.2) is 45.0 Å². The van der Waals surface area contributed by atoms with Crippen LogP contribution in [0.4, 0.5) is 26.3 Å². The molecule has 214 valence electrons. The van der Waals surface area contributed by atoms with E-state index in [0.717, 1.165) is 27.7 Å². The van der Waals surface area contributed by atoms with Gasteiger partial charge in [-0.05, 0) is 98.9 Å². The van der Waals surface area contributed by atoms with E-state index in [-0.39, 0.29) is 0 Å². The van der Waals surface area contributed by atoms with E-state index in [9.17, 15) is 36.6 Å². The van der Waals surface area contributed by atoms with Gasteiger partial charge in [0, 0.05) is 0 Å². The van der Waals surface area contributed by atoms with Crippen LogP contribution >= 0.6 is 0 Å². The Kier molecular flexibility index (Phi) is 8.61. The van der Waals surface area contributed by atoms with Crippen molar-refractivity contribution >= 4 is 5.57 Å². The van der Waals surface area contributed by atoms with Gasteiger partial charge in [0.2, 0.25) is 0 Å². The van der Waals surface area contributed by atoms with Crippen LogP contribution in [-0.2, 0) is 20.7 Å². The van der Waals surface area contributed by atoms with Crippen molar-refractivity contribution in [2.75, 3.05) is 0 Å². The molecule has 2 atom stereocenters. The maximum absolute atomic E-state index is 13.5. The number of hydrogen-bond acceptors (Lipinski definition) is 4. The Labute approximate surface area is 215 Å². The van der Waals surface area contributed by atoms with Gasteiger partial charge in [-0.25, -0.2) is 0 Å². The molecule has 0 bridgehead atoms. The molecule has 1 aromatic carbocycles. The van der Waals surface area contributed by atoms with Crippen molar-refractivity contribution in [3.8, 4) is 0 Å². The molecule has 0 heterocycles. The number of benzene rings is 1. The summed E-state index contributed by atoms with van der Waals surface area (Å²) in [6.07, 6.45) is -9.91. The van der Waals surface area contributed by atoms with E-state index in [1.807, 2.05) is 0 Å². The molecule has 0 aliphatic heterocycles. The number of alkyl halides is 6. The summed E-state index contributed by atoms with van der Waals surface area (Å²) in [6.45, 7) is 17.6. The molecule has 2 unspecified atom stereocenters. The van der Waals surface area contributed by atoms with Gasteiger partial charge in [0.15, 0.2) is 11.2 Å². The highest BCUT2D eigenvalue weighted by Crippen LogP contribution is 2.47. The summed E-state index contributed by atoms with van der Waals surface area (Å²) in [5.41, 5.74) is -11.2. The number of halogens is 6. The molecule has 37 heavy (non-hydrogen) atoms. The summed E-state index contributed by atoms with van der Waals surface area (Å²) in [6, 6.07) is 4.77. The highest BCUT2D eigenvalue weighted by atomic mass is 19.4. The average molecular weight is 543 g/mol. The summed E-state index contributed by atoms with van der Waals surface area (Å²) >= 11 is 0. The predicted molar refractivity (Wildman–Crippen MR) is 131 cm³/mol. The molecule has 2 N–H and O–H groups in total. The zero-order valence-electron chi connectivity index (χ0n) is 23.4. The van der Waals surface area contributed by atoms with Crippen molar-refractivity contribution in [3.63, 3.8) is 0 Å². The summed E-state index contributed by atoms with van der Waals surface area (Å²) < 4.78 is 92.9. The van der Waals surface area contributed by atoms with Gasteiger partial charge < -0.3 is 19.7 Å². The van der Waals surface area contributed by atoms with Crippen LogP contribution in [0.2, 0.25) is 0 Å². The van der Waals surface area contributed by atoms with E-state index in [2.05, 4.69) is 6.58 Å². The van der Waals surface area contributed by atoms with E-state index >= 15 is 0 Å². The van der Waals surface area contributed by atoms with Crippen molar-refractivity contribution < 1.29 is 46.0 Å². The van der Waals surface area contributed by atoms with E-state index in [0.29, 0.717) is 36.1 Å². The monoisotopic (exact) mass is 542 g/mol. The van der Waals surface area contributed by atoms with Crippen LogP contribution in [0.15, 0.2) is 24.8 Å². The van der Waals surface area contributed by atoms with Gasteiger partial charge in [0.05, 0.1) is 11.2 Å². The minimum absolute atomic E-state index is 0.442. The first-order chi connectivity index (χ1) is 15.9. The van der Waals surface area contributed by atoms with Crippen LogP contribution in [0, 0.1) is 0 Å². The van der Waals surface area contributed by atoms with E-state index < -0.39 is 46.0 Å². The average Bonchev–Trinajstić information content (AvgIpc) is 2.63. The fourth-order valence-electron chi connectivity index (χ4n) is 4.07. The first-order valence-electron chi connectivity index (χ1n) is 11.7. The van der Waals surface area contributed by atoms with Gasteiger partial charge >= 0.3 is 12.4 Å². The number of hydrogen-bond donors (Lipinski definition) is 2. The lowest BCUT2D eigenvalue weighted by atomic mass is 9.82. The van der Waals surface area contributed by atoms with Gasteiger partial charge in [-0.1, -0.05) is 24.3 Å². The second-order valence-electron chi connectivity index (χ2n) is 11.9. The van der Waals surface area contributed by atoms with E-state index in [1.165, 1.54) is 0 Å². The maximum Gasteiger partial charge on any atom is 0.419 e. The van der Waals surface area contributed by atoms with Crippen molar-refractivity contribution in [1.29, 1.82) is 0 Å². The second-order valence-corrected chi connectivity index (χ2v) is 11.9. The Bertz CT molecular complexity index is 999. The molecule has 1 aromatic rings. The first kappa shape index (κ1) is 33.4. The molecule has 1 rings (SSSR count). The number of ether oxygens (including phenoxy) is 2. The fourth-order valence-corrected chi connectivity index (χ4v) is 4.07. The molecule has 0 aliphatic carbocycles. The number of allylic oxidation sites excluding steroid dienone is 1. The molecule has 4 nitrogen and oxygen atoms in total. The highest BCUT2D eigenvalue weighted by Gasteiger charge is 2.62. The summed E-state index contributed by atoms with van der Waals surface area (Å²) in [5, 5.41) is 20.5. The first-order valence-corrected chi connectivity index (χ1v) is 11.7. The van der Waals surface area contributed by atoms with Crippen LogP contribution in [0.25, 0.3) is 5.57 Å². The minimum atomic E-state index is -4.96. The third-order valence-electron chi connectivity index (χ3n) is 7.29. The lowest BCUT2D eigenvalue weighted by molar-refractivity contribution is -0.328. The third-order valence-corrected chi connectivity index (χ3v) is 7.29. The number of aliphatic hydroxyl groups is 2. The number of rotatable bonds is 9. The molecule has 0 amide bonds. The van der Waals surface area contributed by atoms with Gasteiger partial charge in [-0.2, -0.15) is 26.3 Å². The smallest absolute Gasteiger partial charge is 0.378 e. The summed E-state index contributed by atoms with van der Waals surface area (Å²) in [7, 11) is 0. The predicted octanol–water partition coefficient (Wildman–Crippen LogP) is 7.41. The van der Waals surface area contributed by atoms with Crippen LogP contribution in [0.5, 0.6) is 0 Å². The van der Waals surface area contributed by atoms with Crippen molar-refractivity contribution in [2.24, 2.45) is 0 Å². The lowest BCUT2D eigenvalue weighted by Crippen LogP contribution is -2.61. The molecule has 0 fully saturated rings. The van der Waals surface area contributed by atoms with Gasteiger partial charge in [0.1, 0.15) is 11.2 Å². The largest absolute Gasteiger partial charge is 0.419 e. The Morgan fingerprint density at radius 1 is 0.676 bits per heavy atom. The minimum Gasteiger partial charge on any atom is -0.378 e. The second kappa shape index (κ2) is 9.54. The molecule has 0 aliphatic rings. The molecule has 0 aromatic heterocycles. The SMILES string of the molecule is C=C(C)c1cc(C(C)(C)OC(C)(C)C(C)(O)C(F)(F)F)ccc1C(C)(C)OC(C)(C)C(C)(O)C(F)(F)F. The molecule has 0 radical (unpaired) electrons. The molecule has 0 saturated heterocycles. The molecule has 10 heteroatoms. The third kappa shape index (κ3) is 6.34. The van der Waals surface area contributed by atoms with Crippen molar-refractivity contribution in [1.82, 2.24) is 0 Å². The standard InChI is InChI=1S/C27H40F6O4/c1-16(2)18-15-17(20(3,4)36-22(7,8)24(11,34)26(28,29)30)13-14-19(18)21(5,6)37-23(9,10)25(12,35)27(31,32)33/h13-15,34-35H,1H2,2-12H3. The fraction of sp³-hybridized carbons (Fsp3) is 0.704. The van der Waals surface area contributed by atoms with Gasteiger partial charge in [-0.3, -0.25) is 0 Å². The Hall–Kier alpha value is -1.62. The molecule has 0 spiro atoms. The normalized spacial score (nSPS) is 17.8. The van der Waals surface area contributed by atoms with Crippen LogP contribution < -0.4 is 0 Å². The van der Waals surface area contributed by atoms with Gasteiger partial charge in [0.25, 0.3) is 0 Å². The van der Waals surface area contributed by atoms with Crippen molar-refractivity contribution in [2.45, 2.75) is 122 Å². The Balaban J connectivity index is 3.56. The quantitative estimate of drug-likeness (QED) is 0.319. The zero-order chi connectivity index (χ0) is 29.8. The van der Waals surface area contributed by atoms with Crippen molar-refractivity contribution in [3.05, 3.63) is 41.5 Å². The Morgan fingerprint density at radius 2 is 1.03 bits per heavy atom. The van der Waals surface area contributed by atoms with Crippen LogP contribution in [0.1, 0.15) is 92.9 Å².